The molecule has 0 fully saturated rings. The zero-order chi connectivity index (χ0) is 19.9. The van der Waals surface area contributed by atoms with Gasteiger partial charge in [0, 0.05) is 11.4 Å². The number of rotatable bonds is 4. The molecule has 1 aliphatic rings. The Morgan fingerprint density at radius 1 is 1.07 bits per heavy atom. The molecule has 0 saturated heterocycles. The number of fused-ring (bicyclic) bond motifs is 1. The highest BCUT2D eigenvalue weighted by atomic mass is 35.5. The largest absolute Gasteiger partial charge is 0.446 e. The van der Waals surface area contributed by atoms with Crippen molar-refractivity contribution in [3.63, 3.8) is 0 Å². The number of halogens is 2. The molecule has 2 aromatic carbocycles. The van der Waals surface area contributed by atoms with E-state index in [4.69, 9.17) is 33.4 Å². The molecule has 0 spiro atoms. The summed E-state index contributed by atoms with van der Waals surface area (Å²) in [6, 6.07) is 12.7. The minimum absolute atomic E-state index is 0.0193. The summed E-state index contributed by atoms with van der Waals surface area (Å²) >= 11 is 11.8. The Balaban J connectivity index is 1.58. The van der Waals surface area contributed by atoms with Crippen LogP contribution < -0.4 is 26.1 Å². The fraction of sp³-hybridized carbons (Fsp3) is 0.0556. The van der Waals surface area contributed by atoms with Crippen LogP contribution in [0.1, 0.15) is 0 Å². The second-order valence-corrected chi connectivity index (χ2v) is 8.48. The lowest BCUT2D eigenvalue weighted by atomic mass is 10.2. The van der Waals surface area contributed by atoms with E-state index in [9.17, 15) is 8.42 Å². The molecule has 3 aromatic rings. The molecular formula is C18H14Cl2N4O3S. The molecule has 0 saturated carbocycles. The fourth-order valence-electron chi connectivity index (χ4n) is 2.76. The van der Waals surface area contributed by atoms with E-state index in [1.54, 1.807) is 35.2 Å². The number of benzene rings is 2. The van der Waals surface area contributed by atoms with Gasteiger partial charge in [0.15, 0.2) is 0 Å². The number of hydrogen-bond acceptors (Lipinski definition) is 6. The Morgan fingerprint density at radius 3 is 2.54 bits per heavy atom. The Morgan fingerprint density at radius 2 is 1.82 bits per heavy atom. The Hall–Kier alpha value is -2.68. The van der Waals surface area contributed by atoms with Crippen LogP contribution in [0.4, 0.5) is 11.4 Å². The van der Waals surface area contributed by atoms with Crippen molar-refractivity contribution < 1.29 is 12.8 Å². The van der Waals surface area contributed by atoms with Crippen molar-refractivity contribution in [2.75, 3.05) is 16.3 Å². The van der Waals surface area contributed by atoms with Gasteiger partial charge >= 0.3 is 0 Å². The number of anilines is 2. The summed E-state index contributed by atoms with van der Waals surface area (Å²) in [6.07, 6.45) is 1.53. The summed E-state index contributed by atoms with van der Waals surface area (Å²) in [6.45, 7) is 0.306. The first kappa shape index (κ1) is 18.7. The Bertz CT molecular complexity index is 1270. The van der Waals surface area contributed by atoms with Gasteiger partial charge < -0.3 is 15.1 Å². The van der Waals surface area contributed by atoms with E-state index in [2.05, 4.69) is 9.71 Å². The van der Waals surface area contributed by atoms with Crippen LogP contribution in [0, 0.1) is 0 Å². The number of nitrogens with two attached hydrogens (primary N) is 1. The van der Waals surface area contributed by atoms with E-state index in [-0.39, 0.29) is 14.9 Å². The number of nitrogens with one attached hydrogen (secondary N) is 1. The van der Waals surface area contributed by atoms with E-state index >= 15 is 0 Å². The van der Waals surface area contributed by atoms with Crippen molar-refractivity contribution in [2.24, 2.45) is 10.7 Å². The zero-order valence-electron chi connectivity index (χ0n) is 14.3. The third-order valence-electron chi connectivity index (χ3n) is 4.20. The van der Waals surface area contributed by atoms with E-state index in [0.29, 0.717) is 23.7 Å². The average Bonchev–Trinajstić information content (AvgIpc) is 3.14. The van der Waals surface area contributed by atoms with E-state index < -0.39 is 10.0 Å². The van der Waals surface area contributed by atoms with Gasteiger partial charge in [-0.3, -0.25) is 4.72 Å². The molecule has 4 rings (SSSR count). The van der Waals surface area contributed by atoms with Crippen molar-refractivity contribution in [1.82, 2.24) is 0 Å². The summed E-state index contributed by atoms with van der Waals surface area (Å²) < 4.78 is 32.8. The molecule has 0 bridgehead atoms. The number of sulfonamides is 1. The van der Waals surface area contributed by atoms with Gasteiger partial charge in [-0.1, -0.05) is 23.2 Å². The lowest BCUT2D eigenvalue weighted by Crippen LogP contribution is -2.42. The molecule has 1 aliphatic heterocycles. The standard InChI is InChI=1S/C18H14Cl2N4O3S/c19-15-6-5-13(9-16(15)20)28(25,26)23-11-1-3-12(4-2-11)24-10-22-18-14(17(24)21)7-8-27-18/h1-9,23H,10,21H2. The van der Waals surface area contributed by atoms with Gasteiger partial charge in [-0.15, -0.1) is 0 Å². The molecule has 1 aromatic heterocycles. The number of furan rings is 1. The van der Waals surface area contributed by atoms with E-state index in [1.807, 2.05) is 0 Å². The lowest BCUT2D eigenvalue weighted by molar-refractivity contribution is 0.500. The molecule has 0 amide bonds. The van der Waals surface area contributed by atoms with E-state index in [1.165, 1.54) is 24.5 Å². The highest BCUT2D eigenvalue weighted by Gasteiger charge is 2.18. The molecular weight excluding hydrogens is 423 g/mol. The van der Waals surface area contributed by atoms with Crippen LogP contribution in [0.15, 0.2) is 69.1 Å². The average molecular weight is 437 g/mol. The molecule has 0 radical (unpaired) electrons. The van der Waals surface area contributed by atoms with Crippen molar-refractivity contribution >= 4 is 50.4 Å². The van der Waals surface area contributed by atoms with E-state index in [0.717, 1.165) is 10.9 Å². The highest BCUT2D eigenvalue weighted by molar-refractivity contribution is 7.92. The quantitative estimate of drug-likeness (QED) is 0.653. The molecule has 0 aliphatic carbocycles. The van der Waals surface area contributed by atoms with Crippen LogP contribution in [-0.2, 0) is 10.0 Å². The first-order valence-corrected chi connectivity index (χ1v) is 10.3. The summed E-state index contributed by atoms with van der Waals surface area (Å²) in [4.78, 5) is 6.14. The van der Waals surface area contributed by atoms with Crippen LogP contribution in [0.2, 0.25) is 10.0 Å². The Kier molecular flexibility index (Phi) is 4.70. The molecule has 3 N–H and O–H groups in total. The molecule has 28 heavy (non-hydrogen) atoms. The van der Waals surface area contributed by atoms with Crippen molar-refractivity contribution in [3.05, 3.63) is 75.6 Å². The molecule has 10 heteroatoms. The van der Waals surface area contributed by atoms with Crippen LogP contribution in [-0.4, -0.2) is 15.1 Å². The van der Waals surface area contributed by atoms with Crippen LogP contribution in [0.5, 0.6) is 0 Å². The zero-order valence-corrected chi connectivity index (χ0v) is 16.6. The molecule has 7 nitrogen and oxygen atoms in total. The van der Waals surface area contributed by atoms with Crippen LogP contribution in [0.25, 0.3) is 5.82 Å². The third-order valence-corrected chi connectivity index (χ3v) is 6.32. The molecule has 2 heterocycles. The maximum Gasteiger partial charge on any atom is 0.261 e. The van der Waals surface area contributed by atoms with Crippen molar-refractivity contribution in [1.29, 1.82) is 0 Å². The molecule has 144 valence electrons. The summed E-state index contributed by atoms with van der Waals surface area (Å²) in [7, 11) is -3.80. The first-order chi connectivity index (χ1) is 13.3. The predicted molar refractivity (Wildman–Crippen MR) is 108 cm³/mol. The number of hydrogen-bond donors (Lipinski definition) is 2. The minimum atomic E-state index is -3.80. The maximum atomic E-state index is 12.5. The maximum absolute atomic E-state index is 12.5. The van der Waals surface area contributed by atoms with Crippen LogP contribution in [0.3, 0.4) is 0 Å². The SMILES string of the molecule is NC1=c2ccoc2=NCN1c1ccc(NS(=O)(=O)c2ccc(Cl)c(Cl)c2)cc1. The van der Waals surface area contributed by atoms with Gasteiger partial charge in [-0.25, -0.2) is 13.4 Å². The van der Waals surface area contributed by atoms with Gasteiger partial charge in [-0.2, -0.15) is 0 Å². The fourth-order valence-corrected chi connectivity index (χ4v) is 4.21. The topological polar surface area (TPSA) is 101 Å². The second kappa shape index (κ2) is 7.05. The third kappa shape index (κ3) is 3.42. The van der Waals surface area contributed by atoms with Gasteiger partial charge in [0.25, 0.3) is 10.0 Å². The van der Waals surface area contributed by atoms with Crippen LogP contribution >= 0.6 is 23.2 Å². The second-order valence-electron chi connectivity index (χ2n) is 5.98. The van der Waals surface area contributed by atoms with Gasteiger partial charge in [-0.05, 0) is 48.5 Å². The minimum Gasteiger partial charge on any atom is -0.446 e. The Labute approximate surface area is 170 Å². The van der Waals surface area contributed by atoms with Crippen molar-refractivity contribution in [3.8, 4) is 0 Å². The monoisotopic (exact) mass is 436 g/mol. The molecule has 0 unspecified atom stereocenters. The summed E-state index contributed by atoms with van der Waals surface area (Å²) in [5, 5.41) is 1.17. The normalized spacial score (nSPS) is 13.8. The highest BCUT2D eigenvalue weighted by Crippen LogP contribution is 2.27. The first-order valence-electron chi connectivity index (χ1n) is 8.08. The predicted octanol–water partition coefficient (Wildman–Crippen LogP) is 2.51. The molecule has 0 atom stereocenters. The van der Waals surface area contributed by atoms with Gasteiger partial charge in [0.05, 0.1) is 26.4 Å². The number of nitrogens with zero attached hydrogens (tertiary/aromatic N) is 2. The summed E-state index contributed by atoms with van der Waals surface area (Å²) in [5.74, 6) is 0.517. The summed E-state index contributed by atoms with van der Waals surface area (Å²) in [5.41, 5.74) is 7.86. The van der Waals surface area contributed by atoms with Gasteiger partial charge in [0.2, 0.25) is 5.55 Å². The van der Waals surface area contributed by atoms with Crippen molar-refractivity contribution in [2.45, 2.75) is 4.90 Å². The smallest absolute Gasteiger partial charge is 0.261 e. The lowest BCUT2D eigenvalue weighted by Gasteiger charge is -2.24. The van der Waals surface area contributed by atoms with Gasteiger partial charge in [0.1, 0.15) is 12.5 Å².